The van der Waals surface area contributed by atoms with E-state index >= 15 is 0 Å². The number of pyridine rings is 2. The van der Waals surface area contributed by atoms with E-state index in [4.69, 9.17) is 0 Å². The first kappa shape index (κ1) is 20.4. The molecule has 0 atom stereocenters. The van der Waals surface area contributed by atoms with Crippen LogP contribution in [0.15, 0.2) is 71.9 Å². The summed E-state index contributed by atoms with van der Waals surface area (Å²) in [6.45, 7) is 1.58. The smallest absolute Gasteiger partial charge is 0.327 e. The summed E-state index contributed by atoms with van der Waals surface area (Å²) in [5, 5.41) is 0.932. The highest BCUT2D eigenvalue weighted by Crippen LogP contribution is 2.29. The molecular weight excluding hydrogens is 428 g/mol. The maximum Gasteiger partial charge on any atom is 0.327 e. The SMILES string of the molecule is Cn1cc(C(=O)c2cc(N3CCC(n4c(=O)[nH]c5ncccc54)CC3)ccn2)c2ccccc21. The number of aromatic amines is 1. The minimum atomic E-state index is -0.112. The number of imidazole rings is 1. The summed E-state index contributed by atoms with van der Waals surface area (Å²) in [4.78, 5) is 39.6. The standard InChI is InChI=1S/C26H24N6O2/c1-30-16-20(19-5-2-3-6-22(19)30)24(33)21-15-18(8-12-27-21)31-13-9-17(10-14-31)32-23-7-4-11-28-25(23)29-26(32)34/h2-8,11-12,15-17H,9-10,13-14H2,1H3,(H,28,29,34). The fourth-order valence-electron chi connectivity index (χ4n) is 5.10. The van der Waals surface area contributed by atoms with E-state index in [0.29, 0.717) is 16.9 Å². The van der Waals surface area contributed by atoms with Gasteiger partial charge in [0.15, 0.2) is 5.65 Å². The summed E-state index contributed by atoms with van der Waals surface area (Å²) in [6, 6.07) is 15.6. The Balaban J connectivity index is 1.24. The largest absolute Gasteiger partial charge is 0.371 e. The molecule has 0 aliphatic carbocycles. The first-order valence-corrected chi connectivity index (χ1v) is 11.4. The molecular formula is C26H24N6O2. The lowest BCUT2D eigenvalue weighted by atomic mass is 10.0. The molecule has 34 heavy (non-hydrogen) atoms. The van der Waals surface area contributed by atoms with Crippen LogP contribution in [0.25, 0.3) is 22.1 Å². The lowest BCUT2D eigenvalue weighted by Gasteiger charge is -2.34. The van der Waals surface area contributed by atoms with E-state index in [0.717, 1.165) is 48.0 Å². The van der Waals surface area contributed by atoms with Crippen molar-refractivity contribution < 1.29 is 4.79 Å². The molecule has 0 amide bonds. The number of nitrogens with zero attached hydrogens (tertiary/aromatic N) is 5. The number of benzene rings is 1. The highest BCUT2D eigenvalue weighted by Gasteiger charge is 2.25. The summed E-state index contributed by atoms with van der Waals surface area (Å²) in [7, 11) is 1.95. The van der Waals surface area contributed by atoms with Gasteiger partial charge in [-0.2, -0.15) is 0 Å². The summed E-state index contributed by atoms with van der Waals surface area (Å²) in [5.74, 6) is -0.0774. The van der Waals surface area contributed by atoms with Gasteiger partial charge in [0, 0.05) is 66.9 Å². The van der Waals surface area contributed by atoms with Crippen molar-refractivity contribution >= 4 is 33.5 Å². The highest BCUT2D eigenvalue weighted by atomic mass is 16.1. The van der Waals surface area contributed by atoms with Gasteiger partial charge in [-0.1, -0.05) is 18.2 Å². The number of fused-ring (bicyclic) bond motifs is 2. The Kier molecular flexibility index (Phi) is 4.79. The predicted octanol–water partition coefficient (Wildman–Crippen LogP) is 3.68. The molecule has 1 aliphatic heterocycles. The minimum absolute atomic E-state index is 0.0774. The zero-order valence-corrected chi connectivity index (χ0v) is 18.8. The van der Waals surface area contributed by atoms with Crippen molar-refractivity contribution in [2.45, 2.75) is 18.9 Å². The number of aromatic nitrogens is 5. The second-order valence-electron chi connectivity index (χ2n) is 8.79. The number of H-pyrrole nitrogens is 1. The molecule has 1 saturated heterocycles. The fraction of sp³-hybridized carbons (Fsp3) is 0.231. The topological polar surface area (TPSA) is 88.8 Å². The molecule has 170 valence electrons. The quantitative estimate of drug-likeness (QED) is 0.420. The van der Waals surface area contributed by atoms with Crippen molar-refractivity contribution in [2.75, 3.05) is 18.0 Å². The summed E-state index contributed by atoms with van der Waals surface area (Å²) < 4.78 is 3.81. The van der Waals surface area contributed by atoms with Gasteiger partial charge >= 0.3 is 5.69 Å². The maximum absolute atomic E-state index is 13.3. The van der Waals surface area contributed by atoms with Gasteiger partial charge in [-0.25, -0.2) is 9.78 Å². The Labute approximate surface area is 195 Å². The van der Waals surface area contributed by atoms with E-state index in [1.807, 2.05) is 70.9 Å². The van der Waals surface area contributed by atoms with Crippen LogP contribution in [0.1, 0.15) is 34.9 Å². The van der Waals surface area contributed by atoms with Crippen LogP contribution < -0.4 is 10.6 Å². The van der Waals surface area contributed by atoms with Crippen LogP contribution >= 0.6 is 0 Å². The van der Waals surface area contributed by atoms with Crippen molar-refractivity contribution in [1.29, 1.82) is 0 Å². The van der Waals surface area contributed by atoms with E-state index in [9.17, 15) is 9.59 Å². The van der Waals surface area contributed by atoms with Gasteiger partial charge in [-0.05, 0) is 43.2 Å². The number of piperidine rings is 1. The van der Waals surface area contributed by atoms with E-state index in [2.05, 4.69) is 19.9 Å². The van der Waals surface area contributed by atoms with E-state index in [-0.39, 0.29) is 17.5 Å². The van der Waals surface area contributed by atoms with Crippen molar-refractivity contribution in [3.63, 3.8) is 0 Å². The number of rotatable bonds is 4. The number of hydrogen-bond acceptors (Lipinski definition) is 5. The van der Waals surface area contributed by atoms with Crippen molar-refractivity contribution in [3.8, 4) is 0 Å². The van der Waals surface area contributed by atoms with Crippen LogP contribution in [0.3, 0.4) is 0 Å². The molecule has 8 heteroatoms. The van der Waals surface area contributed by atoms with Gasteiger partial charge in [0.2, 0.25) is 5.78 Å². The minimum Gasteiger partial charge on any atom is -0.371 e. The lowest BCUT2D eigenvalue weighted by molar-refractivity contribution is 0.103. The van der Waals surface area contributed by atoms with Crippen LogP contribution in [-0.2, 0) is 7.05 Å². The second kappa shape index (κ2) is 7.98. The van der Waals surface area contributed by atoms with E-state index in [1.165, 1.54) is 0 Å². The van der Waals surface area contributed by atoms with Crippen LogP contribution in [-0.4, -0.2) is 43.0 Å². The van der Waals surface area contributed by atoms with Crippen molar-refractivity contribution in [1.82, 2.24) is 24.1 Å². The molecule has 0 spiro atoms. The van der Waals surface area contributed by atoms with Crippen molar-refractivity contribution in [2.24, 2.45) is 7.05 Å². The zero-order valence-electron chi connectivity index (χ0n) is 18.8. The summed E-state index contributed by atoms with van der Waals surface area (Å²) >= 11 is 0. The third-order valence-corrected chi connectivity index (χ3v) is 6.80. The normalized spacial score (nSPS) is 14.8. The average molecular weight is 453 g/mol. The Morgan fingerprint density at radius 2 is 1.79 bits per heavy atom. The molecule has 1 aliphatic rings. The van der Waals surface area contributed by atoms with Gasteiger partial charge in [0.1, 0.15) is 5.69 Å². The Bertz CT molecular complexity index is 1590. The summed E-state index contributed by atoms with van der Waals surface area (Å²) in [5.41, 5.74) is 4.46. The van der Waals surface area contributed by atoms with Crippen LogP contribution in [0.5, 0.6) is 0 Å². The number of carbonyl (C=O) groups is 1. The number of carbonyl (C=O) groups excluding carboxylic acids is 1. The van der Waals surface area contributed by atoms with Crippen LogP contribution in [0, 0.1) is 0 Å². The van der Waals surface area contributed by atoms with Gasteiger partial charge in [-0.3, -0.25) is 19.3 Å². The van der Waals surface area contributed by atoms with E-state index in [1.54, 1.807) is 12.4 Å². The molecule has 0 saturated carbocycles. The van der Waals surface area contributed by atoms with Gasteiger partial charge in [0.25, 0.3) is 0 Å². The second-order valence-corrected chi connectivity index (χ2v) is 8.79. The first-order valence-electron chi connectivity index (χ1n) is 11.4. The molecule has 6 rings (SSSR count). The van der Waals surface area contributed by atoms with Crippen LogP contribution in [0.2, 0.25) is 0 Å². The Hall–Kier alpha value is -4.20. The highest BCUT2D eigenvalue weighted by molar-refractivity contribution is 6.15. The Morgan fingerprint density at radius 1 is 1.00 bits per heavy atom. The van der Waals surface area contributed by atoms with Gasteiger partial charge in [0.05, 0.1) is 5.52 Å². The van der Waals surface area contributed by atoms with Gasteiger partial charge in [-0.15, -0.1) is 0 Å². The third kappa shape index (κ3) is 3.30. The number of aryl methyl sites for hydroxylation is 1. The molecule has 0 radical (unpaired) electrons. The first-order chi connectivity index (χ1) is 16.6. The molecule has 1 N–H and O–H groups in total. The number of ketones is 1. The number of hydrogen-bond donors (Lipinski definition) is 1. The predicted molar refractivity (Wildman–Crippen MR) is 131 cm³/mol. The van der Waals surface area contributed by atoms with Crippen LogP contribution in [0.4, 0.5) is 5.69 Å². The number of anilines is 1. The Morgan fingerprint density at radius 3 is 2.65 bits per heavy atom. The molecule has 5 aromatic rings. The monoisotopic (exact) mass is 452 g/mol. The van der Waals surface area contributed by atoms with Crippen molar-refractivity contribution in [3.05, 3.63) is 88.9 Å². The number of nitrogens with one attached hydrogen (secondary N) is 1. The molecule has 0 unspecified atom stereocenters. The maximum atomic E-state index is 13.3. The molecule has 8 nitrogen and oxygen atoms in total. The average Bonchev–Trinajstić information content (AvgIpc) is 3.40. The molecule has 4 aromatic heterocycles. The third-order valence-electron chi connectivity index (χ3n) is 6.80. The zero-order chi connectivity index (χ0) is 23.2. The molecule has 1 aromatic carbocycles. The fourth-order valence-corrected chi connectivity index (χ4v) is 5.10. The molecule has 5 heterocycles. The summed E-state index contributed by atoms with van der Waals surface area (Å²) in [6.07, 6.45) is 6.93. The molecule has 1 fully saturated rings. The number of para-hydroxylation sites is 1. The lowest BCUT2D eigenvalue weighted by Crippen LogP contribution is -2.37. The van der Waals surface area contributed by atoms with Gasteiger partial charge < -0.3 is 9.47 Å². The van der Waals surface area contributed by atoms with E-state index < -0.39 is 0 Å². The molecule has 0 bridgehead atoms.